The molecule has 0 fully saturated rings. The number of hydrogen-bond donors (Lipinski definition) is 1. The first-order chi connectivity index (χ1) is 8.55. The van der Waals surface area contributed by atoms with Gasteiger partial charge in [-0.3, -0.25) is 0 Å². The Kier molecular flexibility index (Phi) is 6.20. The first kappa shape index (κ1) is 15.0. The quantitative estimate of drug-likeness (QED) is 0.697. The number of phenols is 1. The van der Waals surface area contributed by atoms with Crippen LogP contribution in [-0.2, 0) is 11.2 Å². The fraction of sp³-hybridized carbons (Fsp3) is 0.625. The van der Waals surface area contributed by atoms with Crippen LogP contribution in [0.25, 0.3) is 0 Å². The second-order valence-electron chi connectivity index (χ2n) is 5.47. The Hall–Kier alpha value is -1.02. The Morgan fingerprint density at radius 3 is 2.50 bits per heavy atom. The van der Waals surface area contributed by atoms with E-state index in [0.29, 0.717) is 5.75 Å². The molecule has 0 spiro atoms. The average Bonchev–Trinajstić information content (AvgIpc) is 2.31. The molecule has 2 nitrogen and oxygen atoms in total. The molecule has 1 aromatic rings. The summed E-state index contributed by atoms with van der Waals surface area (Å²) in [5.74, 6) is 0.361. The van der Waals surface area contributed by atoms with Gasteiger partial charge in [0.2, 0.25) is 0 Å². The molecule has 102 valence electrons. The highest BCUT2D eigenvalue weighted by Crippen LogP contribution is 2.24. The molecule has 0 bridgehead atoms. The average molecular weight is 250 g/mol. The molecule has 0 aromatic heterocycles. The van der Waals surface area contributed by atoms with Crippen LogP contribution in [-0.4, -0.2) is 17.3 Å². The van der Waals surface area contributed by atoms with E-state index in [1.165, 1.54) is 19.3 Å². The van der Waals surface area contributed by atoms with Gasteiger partial charge >= 0.3 is 0 Å². The molecule has 0 aliphatic rings. The monoisotopic (exact) mass is 250 g/mol. The van der Waals surface area contributed by atoms with Crippen molar-refractivity contribution in [2.24, 2.45) is 0 Å². The molecule has 0 unspecified atom stereocenters. The lowest BCUT2D eigenvalue weighted by molar-refractivity contribution is -0.0190. The number of benzene rings is 1. The van der Waals surface area contributed by atoms with Crippen molar-refractivity contribution in [3.8, 4) is 5.75 Å². The molecular weight excluding hydrogens is 224 g/mol. The summed E-state index contributed by atoms with van der Waals surface area (Å²) in [6.07, 6.45) is 5.64. The predicted octanol–water partition coefficient (Wildman–Crippen LogP) is 4.31. The van der Waals surface area contributed by atoms with Crippen molar-refractivity contribution in [3.63, 3.8) is 0 Å². The van der Waals surface area contributed by atoms with Gasteiger partial charge < -0.3 is 9.84 Å². The Balaban J connectivity index is 2.37. The Labute approximate surface area is 111 Å². The molecule has 0 amide bonds. The summed E-state index contributed by atoms with van der Waals surface area (Å²) in [7, 11) is 0. The summed E-state index contributed by atoms with van der Waals surface area (Å²) in [5, 5.41) is 9.76. The van der Waals surface area contributed by atoms with Crippen LogP contribution < -0.4 is 0 Å². The fourth-order valence-corrected chi connectivity index (χ4v) is 2.05. The highest BCUT2D eigenvalue weighted by atomic mass is 16.5. The van der Waals surface area contributed by atoms with Crippen LogP contribution in [0.3, 0.4) is 0 Å². The highest BCUT2D eigenvalue weighted by molar-refractivity contribution is 5.32. The zero-order valence-corrected chi connectivity index (χ0v) is 11.9. The Bertz CT molecular complexity index is 345. The highest BCUT2D eigenvalue weighted by Gasteiger charge is 2.20. The number of unbranched alkanes of at least 4 members (excludes halogenated alkanes) is 3. The molecule has 18 heavy (non-hydrogen) atoms. The van der Waals surface area contributed by atoms with E-state index in [4.69, 9.17) is 4.74 Å². The van der Waals surface area contributed by atoms with Crippen molar-refractivity contribution in [1.82, 2.24) is 0 Å². The van der Waals surface area contributed by atoms with Crippen molar-refractivity contribution >= 4 is 0 Å². The van der Waals surface area contributed by atoms with Crippen molar-refractivity contribution in [1.29, 1.82) is 0 Å². The maximum Gasteiger partial charge on any atom is 0.118 e. The van der Waals surface area contributed by atoms with E-state index < -0.39 is 0 Å². The Morgan fingerprint density at radius 1 is 1.11 bits per heavy atom. The lowest BCUT2D eigenvalue weighted by atomic mass is 9.97. The van der Waals surface area contributed by atoms with E-state index in [9.17, 15) is 5.11 Å². The molecule has 1 aromatic carbocycles. The van der Waals surface area contributed by atoms with Crippen LogP contribution in [0.15, 0.2) is 24.3 Å². The van der Waals surface area contributed by atoms with Gasteiger partial charge in [0.25, 0.3) is 0 Å². The van der Waals surface area contributed by atoms with E-state index in [0.717, 1.165) is 25.0 Å². The lowest BCUT2D eigenvalue weighted by Gasteiger charge is -2.26. The van der Waals surface area contributed by atoms with Gasteiger partial charge in [0.05, 0.1) is 5.60 Å². The summed E-state index contributed by atoms with van der Waals surface area (Å²) in [6.45, 7) is 7.18. The summed E-state index contributed by atoms with van der Waals surface area (Å²) in [4.78, 5) is 0. The van der Waals surface area contributed by atoms with Gasteiger partial charge in [-0.2, -0.15) is 0 Å². The molecule has 0 heterocycles. The predicted molar refractivity (Wildman–Crippen MR) is 76.0 cm³/mol. The third-order valence-electron chi connectivity index (χ3n) is 3.10. The first-order valence-corrected chi connectivity index (χ1v) is 6.96. The number of rotatable bonds is 8. The van der Waals surface area contributed by atoms with Crippen LogP contribution >= 0.6 is 0 Å². The van der Waals surface area contributed by atoms with Crippen LogP contribution in [0.5, 0.6) is 5.75 Å². The molecule has 0 saturated carbocycles. The van der Waals surface area contributed by atoms with Crippen molar-refractivity contribution in [2.45, 2.75) is 58.5 Å². The second-order valence-corrected chi connectivity index (χ2v) is 5.47. The molecule has 0 radical (unpaired) electrons. The van der Waals surface area contributed by atoms with Gasteiger partial charge in [-0.1, -0.05) is 44.4 Å². The number of hydrogen-bond acceptors (Lipinski definition) is 2. The van der Waals surface area contributed by atoms with Gasteiger partial charge in [0, 0.05) is 13.0 Å². The van der Waals surface area contributed by atoms with E-state index in [2.05, 4.69) is 20.8 Å². The number of phenolic OH excluding ortho intramolecular Hbond substituents is 1. The number of aromatic hydroxyl groups is 1. The lowest BCUT2D eigenvalue weighted by Crippen LogP contribution is -2.28. The van der Waals surface area contributed by atoms with Gasteiger partial charge in [0.1, 0.15) is 5.75 Å². The zero-order valence-electron chi connectivity index (χ0n) is 11.9. The van der Waals surface area contributed by atoms with Gasteiger partial charge in [-0.15, -0.1) is 0 Å². The van der Waals surface area contributed by atoms with Crippen molar-refractivity contribution < 1.29 is 9.84 Å². The minimum atomic E-state index is -0.217. The van der Waals surface area contributed by atoms with Crippen LogP contribution in [0.2, 0.25) is 0 Å². The SMILES string of the molecule is CCCCCCOC(C)(C)Cc1ccccc1O. The summed E-state index contributed by atoms with van der Waals surface area (Å²) >= 11 is 0. The summed E-state index contributed by atoms with van der Waals surface area (Å²) < 4.78 is 5.92. The topological polar surface area (TPSA) is 29.5 Å². The van der Waals surface area contributed by atoms with E-state index in [1.807, 2.05) is 18.2 Å². The molecule has 0 aliphatic heterocycles. The van der Waals surface area contributed by atoms with Crippen molar-refractivity contribution in [2.75, 3.05) is 6.61 Å². The minimum Gasteiger partial charge on any atom is -0.508 e. The van der Waals surface area contributed by atoms with Gasteiger partial charge in [0.15, 0.2) is 0 Å². The third-order valence-corrected chi connectivity index (χ3v) is 3.10. The van der Waals surface area contributed by atoms with E-state index in [-0.39, 0.29) is 5.60 Å². The Morgan fingerprint density at radius 2 is 1.83 bits per heavy atom. The standard InChI is InChI=1S/C16H26O2/c1-4-5-6-9-12-18-16(2,3)13-14-10-7-8-11-15(14)17/h7-8,10-11,17H,4-6,9,12-13H2,1-3H3. The van der Waals surface area contributed by atoms with Crippen LogP contribution in [0.1, 0.15) is 52.0 Å². The second kappa shape index (κ2) is 7.42. The molecule has 1 rings (SSSR count). The molecule has 0 saturated heterocycles. The normalized spacial score (nSPS) is 11.7. The fourth-order valence-electron chi connectivity index (χ4n) is 2.05. The maximum atomic E-state index is 9.76. The molecule has 2 heteroatoms. The largest absolute Gasteiger partial charge is 0.508 e. The van der Waals surface area contributed by atoms with Crippen molar-refractivity contribution in [3.05, 3.63) is 29.8 Å². The summed E-state index contributed by atoms with van der Waals surface area (Å²) in [6, 6.07) is 7.48. The van der Waals surface area contributed by atoms with Crippen LogP contribution in [0, 0.1) is 0 Å². The maximum absolute atomic E-state index is 9.76. The van der Waals surface area contributed by atoms with E-state index in [1.54, 1.807) is 6.07 Å². The molecule has 1 N–H and O–H groups in total. The first-order valence-electron chi connectivity index (χ1n) is 6.96. The van der Waals surface area contributed by atoms with Gasteiger partial charge in [-0.25, -0.2) is 0 Å². The molecule has 0 atom stereocenters. The summed E-state index contributed by atoms with van der Waals surface area (Å²) in [5.41, 5.74) is 0.737. The third kappa shape index (κ3) is 5.54. The van der Waals surface area contributed by atoms with E-state index >= 15 is 0 Å². The smallest absolute Gasteiger partial charge is 0.118 e. The van der Waals surface area contributed by atoms with Crippen LogP contribution in [0.4, 0.5) is 0 Å². The molecule has 0 aliphatic carbocycles. The molecular formula is C16H26O2. The number of para-hydroxylation sites is 1. The zero-order chi connectivity index (χ0) is 13.4. The van der Waals surface area contributed by atoms with Gasteiger partial charge in [-0.05, 0) is 31.9 Å². The minimum absolute atomic E-state index is 0.217. The number of ether oxygens (including phenoxy) is 1.